The van der Waals surface area contributed by atoms with Crippen molar-refractivity contribution < 1.29 is 19.1 Å². The molecule has 1 aliphatic rings. The van der Waals surface area contributed by atoms with E-state index in [1.165, 1.54) is 6.92 Å². The number of terminal acetylenes is 1. The number of carbonyl (C=O) groups is 2. The molecule has 2 N–H and O–H groups in total. The van der Waals surface area contributed by atoms with Gasteiger partial charge in [-0.15, -0.1) is 6.42 Å². The zero-order chi connectivity index (χ0) is 17.7. The van der Waals surface area contributed by atoms with Crippen LogP contribution >= 0.6 is 11.8 Å². The maximum absolute atomic E-state index is 12.2. The Labute approximate surface area is 142 Å². The van der Waals surface area contributed by atoms with Crippen LogP contribution in [0, 0.1) is 12.3 Å². The van der Waals surface area contributed by atoms with Gasteiger partial charge in [0, 0.05) is 13.3 Å². The molecule has 0 saturated carbocycles. The molecule has 0 spiro atoms. The topological polar surface area (TPSA) is 110 Å². The third-order valence-electron chi connectivity index (χ3n) is 2.89. The number of aromatic amines is 1. The minimum Gasteiger partial charge on any atom is -0.462 e. The number of fused-ring (bicyclic) bond motifs is 1. The Bertz CT molecular complexity index is 806. The lowest BCUT2D eigenvalue weighted by atomic mass is 10.1. The standard InChI is InChI=1S/C15H15N3O5S/c1-4-6-24-15-17-11(20)9-7-10(14(21)22-5-2)13(16-8(3)19)23-12(9)18-15/h1H,5-7H2,2-3H3,(H,16,19)(H,17,18,20). The van der Waals surface area contributed by atoms with Crippen LogP contribution in [-0.4, -0.2) is 34.2 Å². The lowest BCUT2D eigenvalue weighted by Gasteiger charge is -2.21. The molecule has 2 rings (SSSR count). The molecule has 0 atom stereocenters. The Morgan fingerprint density at radius 3 is 2.92 bits per heavy atom. The van der Waals surface area contributed by atoms with Gasteiger partial charge in [-0.25, -0.2) is 4.79 Å². The van der Waals surface area contributed by atoms with Crippen LogP contribution in [0.5, 0.6) is 5.88 Å². The second-order valence-corrected chi connectivity index (χ2v) is 5.60. The van der Waals surface area contributed by atoms with Crippen LogP contribution < -0.4 is 15.6 Å². The van der Waals surface area contributed by atoms with Gasteiger partial charge >= 0.3 is 5.97 Å². The predicted molar refractivity (Wildman–Crippen MR) is 86.2 cm³/mol. The molecule has 1 aliphatic heterocycles. The number of amides is 1. The fourth-order valence-corrected chi connectivity index (χ4v) is 2.47. The Hall–Kier alpha value is -2.73. The van der Waals surface area contributed by atoms with Gasteiger partial charge in [-0.1, -0.05) is 17.7 Å². The smallest absolute Gasteiger partial charge is 0.339 e. The first kappa shape index (κ1) is 17.6. The molecule has 0 radical (unpaired) electrons. The highest BCUT2D eigenvalue weighted by molar-refractivity contribution is 7.99. The summed E-state index contributed by atoms with van der Waals surface area (Å²) in [6, 6.07) is 0. The number of carbonyl (C=O) groups excluding carboxylic acids is 2. The van der Waals surface area contributed by atoms with E-state index < -0.39 is 17.4 Å². The molecule has 0 aliphatic carbocycles. The molecule has 8 nitrogen and oxygen atoms in total. The Morgan fingerprint density at radius 2 is 2.29 bits per heavy atom. The summed E-state index contributed by atoms with van der Waals surface area (Å²) in [4.78, 5) is 42.3. The number of nitrogens with zero attached hydrogens (tertiary/aromatic N) is 1. The maximum atomic E-state index is 12.2. The van der Waals surface area contributed by atoms with Crippen molar-refractivity contribution in [1.82, 2.24) is 15.3 Å². The van der Waals surface area contributed by atoms with E-state index in [1.54, 1.807) is 6.92 Å². The number of hydrogen-bond acceptors (Lipinski definition) is 7. The van der Waals surface area contributed by atoms with E-state index in [1.807, 2.05) is 0 Å². The third kappa shape index (κ3) is 3.97. The molecule has 0 fully saturated rings. The Balaban J connectivity index is 2.42. The first-order chi connectivity index (χ1) is 11.5. The second-order valence-electron chi connectivity index (χ2n) is 4.64. The molecule has 1 aromatic rings. The summed E-state index contributed by atoms with van der Waals surface area (Å²) in [5.41, 5.74) is -0.212. The van der Waals surface area contributed by atoms with Crippen LogP contribution in [0.2, 0.25) is 0 Å². The number of H-pyrrole nitrogens is 1. The summed E-state index contributed by atoms with van der Waals surface area (Å²) < 4.78 is 10.4. The molecule has 1 aromatic heterocycles. The SMILES string of the molecule is C#CCSc1nc2c(c(=O)[nH]1)CC(C(=O)OCC)=C(NC(C)=O)O2. The second kappa shape index (κ2) is 7.70. The van der Waals surface area contributed by atoms with Gasteiger partial charge in [0.2, 0.25) is 17.7 Å². The number of hydrogen-bond donors (Lipinski definition) is 2. The molecule has 0 saturated heterocycles. The number of thioether (sulfide) groups is 1. The third-order valence-corrected chi connectivity index (χ3v) is 3.66. The zero-order valence-corrected chi connectivity index (χ0v) is 13.9. The van der Waals surface area contributed by atoms with Crippen molar-refractivity contribution in [1.29, 1.82) is 0 Å². The molecular weight excluding hydrogens is 334 g/mol. The van der Waals surface area contributed by atoms with Crippen molar-refractivity contribution in [2.75, 3.05) is 12.4 Å². The van der Waals surface area contributed by atoms with Crippen LogP contribution in [0.25, 0.3) is 0 Å². The lowest BCUT2D eigenvalue weighted by molar-refractivity contribution is -0.138. The van der Waals surface area contributed by atoms with E-state index in [9.17, 15) is 14.4 Å². The van der Waals surface area contributed by atoms with Gasteiger partial charge in [-0.2, -0.15) is 4.98 Å². The normalized spacial score (nSPS) is 12.7. The van der Waals surface area contributed by atoms with Gasteiger partial charge in [0.1, 0.15) is 5.57 Å². The highest BCUT2D eigenvalue weighted by atomic mass is 32.2. The fourth-order valence-electron chi connectivity index (χ4n) is 1.94. The predicted octanol–water partition coefficient (Wildman–Crippen LogP) is 0.341. The van der Waals surface area contributed by atoms with Gasteiger partial charge in [0.15, 0.2) is 5.16 Å². The van der Waals surface area contributed by atoms with Gasteiger partial charge in [-0.05, 0) is 6.92 Å². The number of aromatic nitrogens is 2. The average molecular weight is 349 g/mol. The van der Waals surface area contributed by atoms with E-state index in [0.29, 0.717) is 10.9 Å². The highest BCUT2D eigenvalue weighted by Crippen LogP contribution is 2.27. The van der Waals surface area contributed by atoms with Gasteiger partial charge in [0.25, 0.3) is 5.56 Å². The monoisotopic (exact) mass is 349 g/mol. The Morgan fingerprint density at radius 1 is 1.54 bits per heavy atom. The molecule has 1 amide bonds. The minimum absolute atomic E-state index is 0.0232. The summed E-state index contributed by atoms with van der Waals surface area (Å²) in [6.07, 6.45) is 5.12. The molecule has 9 heteroatoms. The molecule has 0 bridgehead atoms. The molecule has 2 heterocycles. The van der Waals surface area contributed by atoms with Crippen LogP contribution in [0.15, 0.2) is 21.4 Å². The summed E-state index contributed by atoms with van der Waals surface area (Å²) >= 11 is 1.16. The average Bonchev–Trinajstić information content (AvgIpc) is 2.52. The molecule has 0 aromatic carbocycles. The highest BCUT2D eigenvalue weighted by Gasteiger charge is 2.30. The number of esters is 1. The molecular formula is C15H15N3O5S. The van der Waals surface area contributed by atoms with E-state index in [4.69, 9.17) is 15.9 Å². The van der Waals surface area contributed by atoms with Crippen molar-refractivity contribution in [2.45, 2.75) is 25.4 Å². The largest absolute Gasteiger partial charge is 0.462 e. The number of rotatable bonds is 5. The van der Waals surface area contributed by atoms with Crippen LogP contribution in [0.3, 0.4) is 0 Å². The fraction of sp³-hybridized carbons (Fsp3) is 0.333. The summed E-state index contributed by atoms with van der Waals surface area (Å²) in [5.74, 6) is 1.58. The first-order valence-electron chi connectivity index (χ1n) is 7.01. The van der Waals surface area contributed by atoms with Crippen LogP contribution in [-0.2, 0) is 20.7 Å². The zero-order valence-electron chi connectivity index (χ0n) is 13.1. The summed E-state index contributed by atoms with van der Waals surface area (Å²) in [7, 11) is 0. The quantitative estimate of drug-likeness (QED) is 0.341. The summed E-state index contributed by atoms with van der Waals surface area (Å²) in [6.45, 7) is 3.07. The van der Waals surface area contributed by atoms with E-state index >= 15 is 0 Å². The van der Waals surface area contributed by atoms with Crippen molar-refractivity contribution in [3.63, 3.8) is 0 Å². The maximum Gasteiger partial charge on any atom is 0.339 e. The summed E-state index contributed by atoms with van der Waals surface area (Å²) in [5, 5.41) is 2.71. The Kier molecular flexibility index (Phi) is 5.65. The van der Waals surface area contributed by atoms with Crippen LogP contribution in [0.4, 0.5) is 0 Å². The van der Waals surface area contributed by atoms with Crippen molar-refractivity contribution in [3.8, 4) is 18.2 Å². The van der Waals surface area contributed by atoms with Crippen molar-refractivity contribution >= 4 is 23.6 Å². The van der Waals surface area contributed by atoms with E-state index in [-0.39, 0.29) is 35.9 Å². The molecule has 0 unspecified atom stereocenters. The first-order valence-corrected chi connectivity index (χ1v) is 8.00. The minimum atomic E-state index is -0.669. The number of nitrogens with one attached hydrogen (secondary N) is 2. The van der Waals surface area contributed by atoms with Gasteiger partial charge in [0.05, 0.1) is 17.9 Å². The molecule has 126 valence electrons. The van der Waals surface area contributed by atoms with Gasteiger partial charge in [-0.3, -0.25) is 14.9 Å². The number of ether oxygens (including phenoxy) is 2. The lowest BCUT2D eigenvalue weighted by Crippen LogP contribution is -2.33. The van der Waals surface area contributed by atoms with Gasteiger partial charge < -0.3 is 14.5 Å². The molecule has 24 heavy (non-hydrogen) atoms. The van der Waals surface area contributed by atoms with Crippen molar-refractivity contribution in [3.05, 3.63) is 27.4 Å². The van der Waals surface area contributed by atoms with Crippen LogP contribution in [0.1, 0.15) is 19.4 Å². The van der Waals surface area contributed by atoms with E-state index in [2.05, 4.69) is 21.2 Å². The van der Waals surface area contributed by atoms with E-state index in [0.717, 1.165) is 11.8 Å². The van der Waals surface area contributed by atoms with Crippen molar-refractivity contribution in [2.24, 2.45) is 0 Å².